The van der Waals surface area contributed by atoms with Crippen LogP contribution in [0.4, 0.5) is 0 Å². The summed E-state index contributed by atoms with van der Waals surface area (Å²) in [6.45, 7) is 8.26. The van der Waals surface area contributed by atoms with E-state index in [1.165, 1.54) is 0 Å². The fourth-order valence-electron chi connectivity index (χ4n) is 0.230. The summed E-state index contributed by atoms with van der Waals surface area (Å²) in [7, 11) is 0. The van der Waals surface area contributed by atoms with E-state index in [0.717, 1.165) is 0 Å². The lowest BCUT2D eigenvalue weighted by Gasteiger charge is -1.98. The van der Waals surface area contributed by atoms with E-state index >= 15 is 0 Å². The fraction of sp³-hybridized carbons (Fsp3) is 0.167. The summed E-state index contributed by atoms with van der Waals surface area (Å²) in [4.78, 5) is 10.6. The number of amides is 1. The van der Waals surface area contributed by atoms with Crippen LogP contribution in [0.5, 0.6) is 0 Å². The van der Waals surface area contributed by atoms with Crippen molar-refractivity contribution in [2.45, 2.75) is 6.92 Å². The molecule has 2 nitrogen and oxygen atoms in total. The van der Waals surface area contributed by atoms with Crippen LogP contribution >= 0.6 is 11.6 Å². The molecule has 9 heavy (non-hydrogen) atoms. The van der Waals surface area contributed by atoms with Crippen LogP contribution < -0.4 is 5.32 Å². The first kappa shape index (κ1) is 8.24. The predicted molar refractivity (Wildman–Crippen MR) is 37.9 cm³/mol. The molecule has 0 aliphatic rings. The third-order valence-corrected chi connectivity index (χ3v) is 0.731. The minimum Gasteiger partial charge on any atom is -0.313 e. The first-order valence-corrected chi connectivity index (χ1v) is 2.73. The molecule has 3 heteroatoms. The first-order valence-electron chi connectivity index (χ1n) is 2.35. The van der Waals surface area contributed by atoms with Gasteiger partial charge in [-0.3, -0.25) is 4.79 Å². The average molecular weight is 146 g/mol. The molecular weight excluding hydrogens is 138 g/mol. The Bertz CT molecular complexity index is 162. The SMILES string of the molecule is C=C(Cl)NC(=O)C(=C)C. The minimum absolute atomic E-state index is 0.114. The monoisotopic (exact) mass is 145 g/mol. The van der Waals surface area contributed by atoms with Gasteiger partial charge in [-0.15, -0.1) is 0 Å². The minimum atomic E-state index is -0.296. The maximum absolute atomic E-state index is 10.6. The van der Waals surface area contributed by atoms with Crippen LogP contribution in [-0.4, -0.2) is 5.91 Å². The van der Waals surface area contributed by atoms with Gasteiger partial charge in [0.1, 0.15) is 5.16 Å². The molecule has 0 aliphatic carbocycles. The van der Waals surface area contributed by atoms with Crippen molar-refractivity contribution in [3.05, 3.63) is 23.9 Å². The smallest absolute Gasteiger partial charge is 0.251 e. The number of hydrogen-bond donors (Lipinski definition) is 1. The van der Waals surface area contributed by atoms with Gasteiger partial charge in [0.05, 0.1) is 0 Å². The Kier molecular flexibility index (Phi) is 3.02. The third-order valence-electron chi connectivity index (χ3n) is 0.637. The molecule has 0 aromatic heterocycles. The van der Waals surface area contributed by atoms with E-state index in [-0.39, 0.29) is 11.1 Å². The van der Waals surface area contributed by atoms with E-state index in [0.29, 0.717) is 5.57 Å². The largest absolute Gasteiger partial charge is 0.313 e. The summed E-state index contributed by atoms with van der Waals surface area (Å²) in [5.41, 5.74) is 0.414. The van der Waals surface area contributed by atoms with Crippen molar-refractivity contribution in [2.24, 2.45) is 0 Å². The quantitative estimate of drug-likeness (QED) is 0.462. The summed E-state index contributed by atoms with van der Waals surface area (Å²) < 4.78 is 0. The van der Waals surface area contributed by atoms with Gasteiger partial charge in [0, 0.05) is 5.57 Å². The van der Waals surface area contributed by atoms with E-state index in [4.69, 9.17) is 11.6 Å². The van der Waals surface area contributed by atoms with Gasteiger partial charge in [-0.25, -0.2) is 0 Å². The zero-order valence-electron chi connectivity index (χ0n) is 5.20. The molecule has 1 amide bonds. The van der Waals surface area contributed by atoms with Crippen LogP contribution in [0.1, 0.15) is 6.92 Å². The molecule has 0 fully saturated rings. The number of hydrogen-bond acceptors (Lipinski definition) is 1. The van der Waals surface area contributed by atoms with Gasteiger partial charge >= 0.3 is 0 Å². The summed E-state index contributed by atoms with van der Waals surface area (Å²) in [5, 5.41) is 2.39. The van der Waals surface area contributed by atoms with Crippen LogP contribution in [0.2, 0.25) is 0 Å². The Hall–Kier alpha value is -0.760. The highest BCUT2D eigenvalue weighted by atomic mass is 35.5. The molecule has 0 saturated carbocycles. The van der Waals surface area contributed by atoms with Crippen LogP contribution in [0.25, 0.3) is 0 Å². The molecule has 0 spiro atoms. The van der Waals surface area contributed by atoms with E-state index in [9.17, 15) is 4.79 Å². The van der Waals surface area contributed by atoms with E-state index < -0.39 is 0 Å². The van der Waals surface area contributed by atoms with E-state index in [2.05, 4.69) is 18.5 Å². The lowest BCUT2D eigenvalue weighted by Crippen LogP contribution is -2.19. The highest BCUT2D eigenvalue weighted by Crippen LogP contribution is 1.93. The van der Waals surface area contributed by atoms with Crippen LogP contribution in [0, 0.1) is 0 Å². The second-order valence-corrected chi connectivity index (χ2v) is 2.10. The number of halogens is 1. The molecule has 0 atom stereocenters. The average Bonchev–Trinajstić information content (AvgIpc) is 1.63. The molecule has 0 saturated heterocycles. The summed E-state index contributed by atoms with van der Waals surface area (Å²) in [6.07, 6.45) is 0. The highest BCUT2D eigenvalue weighted by Gasteiger charge is 1.99. The van der Waals surface area contributed by atoms with Gasteiger partial charge in [0.15, 0.2) is 0 Å². The number of rotatable bonds is 2. The van der Waals surface area contributed by atoms with Gasteiger partial charge < -0.3 is 5.32 Å². The number of carbonyl (C=O) groups excluding carboxylic acids is 1. The predicted octanol–water partition coefficient (Wildman–Crippen LogP) is 1.39. The van der Waals surface area contributed by atoms with Gasteiger partial charge in [-0.05, 0) is 6.92 Å². The van der Waals surface area contributed by atoms with Crippen LogP contribution in [0.15, 0.2) is 23.9 Å². The van der Waals surface area contributed by atoms with Crippen molar-refractivity contribution in [1.29, 1.82) is 0 Å². The van der Waals surface area contributed by atoms with Gasteiger partial charge in [0.2, 0.25) is 0 Å². The van der Waals surface area contributed by atoms with Crippen LogP contribution in [0.3, 0.4) is 0 Å². The highest BCUT2D eigenvalue weighted by molar-refractivity contribution is 6.30. The van der Waals surface area contributed by atoms with Crippen molar-refractivity contribution in [1.82, 2.24) is 5.32 Å². The number of carbonyl (C=O) groups is 1. The Morgan fingerprint density at radius 3 is 2.11 bits per heavy atom. The summed E-state index contributed by atoms with van der Waals surface area (Å²) >= 11 is 5.25. The second kappa shape index (κ2) is 3.30. The molecule has 0 aliphatic heterocycles. The van der Waals surface area contributed by atoms with Crippen molar-refractivity contribution in [3.8, 4) is 0 Å². The van der Waals surface area contributed by atoms with Crippen molar-refractivity contribution in [3.63, 3.8) is 0 Å². The zero-order valence-corrected chi connectivity index (χ0v) is 5.96. The van der Waals surface area contributed by atoms with Gasteiger partial charge in [-0.1, -0.05) is 24.8 Å². The normalized spacial score (nSPS) is 8.22. The molecule has 1 N–H and O–H groups in total. The Morgan fingerprint density at radius 1 is 1.56 bits per heavy atom. The molecule has 0 bridgehead atoms. The molecule has 0 aromatic carbocycles. The van der Waals surface area contributed by atoms with Crippen molar-refractivity contribution < 1.29 is 4.79 Å². The molecule has 0 rings (SSSR count). The van der Waals surface area contributed by atoms with E-state index in [1.54, 1.807) is 6.92 Å². The second-order valence-electron chi connectivity index (χ2n) is 1.64. The molecule has 0 unspecified atom stereocenters. The Labute approximate surface area is 59.2 Å². The molecule has 0 heterocycles. The third kappa shape index (κ3) is 3.79. The zero-order chi connectivity index (χ0) is 7.44. The Balaban J connectivity index is 3.79. The van der Waals surface area contributed by atoms with Crippen molar-refractivity contribution in [2.75, 3.05) is 0 Å². The van der Waals surface area contributed by atoms with Gasteiger partial charge in [0.25, 0.3) is 5.91 Å². The fourth-order valence-corrected chi connectivity index (χ4v) is 0.316. The van der Waals surface area contributed by atoms with Gasteiger partial charge in [-0.2, -0.15) is 0 Å². The maximum Gasteiger partial charge on any atom is 0.251 e. The summed E-state index contributed by atoms with van der Waals surface area (Å²) in [6, 6.07) is 0. The maximum atomic E-state index is 10.6. The topological polar surface area (TPSA) is 29.1 Å². The Morgan fingerprint density at radius 2 is 2.00 bits per heavy atom. The molecule has 0 aromatic rings. The molecular formula is C6H8ClNO. The number of nitrogens with one attached hydrogen (secondary N) is 1. The lowest BCUT2D eigenvalue weighted by molar-refractivity contribution is -0.116. The summed E-state index contributed by atoms with van der Waals surface area (Å²) in [5.74, 6) is -0.296. The lowest BCUT2D eigenvalue weighted by atomic mass is 10.3. The van der Waals surface area contributed by atoms with Crippen LogP contribution in [-0.2, 0) is 4.79 Å². The van der Waals surface area contributed by atoms with E-state index in [1.807, 2.05) is 0 Å². The first-order chi connectivity index (χ1) is 4.04. The van der Waals surface area contributed by atoms with Crippen molar-refractivity contribution >= 4 is 17.5 Å². The molecule has 50 valence electrons. The molecule has 0 radical (unpaired) electrons. The standard InChI is InChI=1S/C6H8ClNO/c1-4(2)6(9)8-5(3)7/h1,3H2,2H3,(H,8,9).